The maximum absolute atomic E-state index is 13.6. The number of Topliss-reactive ketones (excluding diaryl/α,β-unsaturated/α-hetero) is 1. The fourth-order valence-corrected chi connectivity index (χ4v) is 8.92. The highest BCUT2D eigenvalue weighted by molar-refractivity contribution is 7.90. The zero-order valence-corrected chi connectivity index (χ0v) is 23.1. The van der Waals surface area contributed by atoms with Gasteiger partial charge in [0.05, 0.1) is 10.3 Å². The molecule has 1 N–H and O–H groups in total. The molecule has 1 aliphatic heterocycles. The third-order valence-electron chi connectivity index (χ3n) is 9.68. The number of allylic oxidation sites excluding steroid dienone is 1. The van der Waals surface area contributed by atoms with Gasteiger partial charge >= 0.3 is 17.9 Å². The Bertz CT molecular complexity index is 1890. The van der Waals surface area contributed by atoms with Gasteiger partial charge in [0.2, 0.25) is 11.5 Å². The zero-order valence-electron chi connectivity index (χ0n) is 22.3. The summed E-state index contributed by atoms with van der Waals surface area (Å²) in [4.78, 5) is 52.3. The molecule has 11 nitrogen and oxygen atoms in total. The lowest BCUT2D eigenvalue weighted by atomic mass is 9.49. The van der Waals surface area contributed by atoms with Crippen molar-refractivity contribution in [2.24, 2.45) is 29.1 Å². The lowest BCUT2D eigenvalue weighted by Gasteiger charge is -2.53. The van der Waals surface area contributed by atoms with Crippen LogP contribution in [-0.4, -0.2) is 36.7 Å². The number of esters is 3. The highest BCUT2D eigenvalue weighted by Crippen LogP contribution is 2.60. The van der Waals surface area contributed by atoms with E-state index < -0.39 is 39.4 Å². The molecule has 6 aliphatic rings. The molecule has 0 saturated heterocycles. The molecular formula is C30H24O11S. The Kier molecular flexibility index (Phi) is 5.06. The summed E-state index contributed by atoms with van der Waals surface area (Å²) in [7, 11) is -4.35. The van der Waals surface area contributed by atoms with Crippen molar-refractivity contribution in [3.8, 4) is 17.2 Å². The number of fused-ring (bicyclic) bond motifs is 2. The van der Waals surface area contributed by atoms with Crippen LogP contribution in [0.4, 0.5) is 0 Å². The largest absolute Gasteiger partial charge is 0.447 e. The van der Waals surface area contributed by atoms with Crippen molar-refractivity contribution < 1.29 is 50.8 Å². The molecule has 5 aliphatic carbocycles. The Morgan fingerprint density at radius 1 is 1.05 bits per heavy atom. The van der Waals surface area contributed by atoms with Gasteiger partial charge in [0.15, 0.2) is 11.2 Å². The standard InChI is InChI=1S/C30H24O11S/c1-12-4-15-7-18(3-2-14(15)8-19(12)42(35,36)37)38-27(32)20-21-23-25(40-28(21)33)26(24(20)39-23)41-29(34)30-9-13-5-16(10-30)22(31)17(6-13)11-30/h2-3,7-8,12-13,16-17H,4-6,9-11H2,1H3,(H,35,36,37). The normalized spacial score (nSPS) is 29.0. The van der Waals surface area contributed by atoms with E-state index in [2.05, 4.69) is 0 Å². The predicted octanol–water partition coefficient (Wildman–Crippen LogP) is 4.34. The zero-order chi connectivity index (χ0) is 29.3. The SMILES string of the molecule is CC1Cc2cc(OC(=O)c3c4c5oc3c(OC(=O)C36CC7CC(C3)C(=O)C(C7)C6)c5OC4=O)ccc2C=C1S(=O)(=O)O. The van der Waals surface area contributed by atoms with Crippen LogP contribution in [0.15, 0.2) is 27.5 Å². The number of rotatable bonds is 5. The average molecular weight is 593 g/mol. The smallest absolute Gasteiger partial charge is 0.348 e. The average Bonchev–Trinajstić information content (AvgIpc) is 3.54. The topological polar surface area (TPSA) is 163 Å². The van der Waals surface area contributed by atoms with Gasteiger partial charge in [0.1, 0.15) is 22.7 Å². The summed E-state index contributed by atoms with van der Waals surface area (Å²) in [6.07, 6.45) is 4.77. The number of ketones is 1. The van der Waals surface area contributed by atoms with E-state index in [1.54, 1.807) is 19.1 Å². The van der Waals surface area contributed by atoms with Crippen LogP contribution in [0.2, 0.25) is 0 Å². The van der Waals surface area contributed by atoms with Crippen LogP contribution in [0.25, 0.3) is 17.2 Å². The molecule has 4 saturated carbocycles. The van der Waals surface area contributed by atoms with Crippen molar-refractivity contribution >= 4 is 51.1 Å². The summed E-state index contributed by atoms with van der Waals surface area (Å²) < 4.78 is 55.4. The quantitative estimate of drug-likeness (QED) is 0.255. The van der Waals surface area contributed by atoms with Crippen LogP contribution in [0.5, 0.6) is 17.2 Å². The number of ether oxygens (including phenoxy) is 3. The van der Waals surface area contributed by atoms with Crippen molar-refractivity contribution in [1.29, 1.82) is 0 Å². The number of carbonyl (C=O) groups is 4. The molecule has 12 heteroatoms. The minimum absolute atomic E-state index is 0.00702. The number of furan rings is 2. The highest BCUT2D eigenvalue weighted by atomic mass is 32.2. The molecular weight excluding hydrogens is 568 g/mol. The summed E-state index contributed by atoms with van der Waals surface area (Å²) >= 11 is 0. The van der Waals surface area contributed by atoms with E-state index in [9.17, 15) is 32.1 Å². The van der Waals surface area contributed by atoms with E-state index in [0.29, 0.717) is 36.3 Å². The summed E-state index contributed by atoms with van der Waals surface area (Å²) in [6, 6.07) is 4.62. The van der Waals surface area contributed by atoms with Crippen molar-refractivity contribution in [2.75, 3.05) is 0 Å². The van der Waals surface area contributed by atoms with E-state index in [0.717, 1.165) is 12.8 Å². The predicted molar refractivity (Wildman–Crippen MR) is 143 cm³/mol. The highest BCUT2D eigenvalue weighted by Gasteiger charge is 2.59. The Labute approximate surface area is 238 Å². The first-order chi connectivity index (χ1) is 19.9. The monoisotopic (exact) mass is 592 g/mol. The molecule has 1 aromatic carbocycles. The maximum Gasteiger partial charge on any atom is 0.348 e. The first-order valence-corrected chi connectivity index (χ1v) is 15.3. The van der Waals surface area contributed by atoms with E-state index >= 15 is 0 Å². The van der Waals surface area contributed by atoms with Crippen LogP contribution >= 0.6 is 0 Å². The second-order valence-electron chi connectivity index (χ2n) is 12.4. The van der Waals surface area contributed by atoms with E-state index in [1.165, 1.54) is 12.1 Å². The minimum atomic E-state index is -4.35. The minimum Gasteiger partial charge on any atom is -0.447 e. The molecule has 2 aromatic heterocycles. The third-order valence-corrected chi connectivity index (χ3v) is 10.8. The number of benzene rings is 2. The Hall–Kier alpha value is -4.03. The summed E-state index contributed by atoms with van der Waals surface area (Å²) in [5.41, 5.74) is 0.0420. The van der Waals surface area contributed by atoms with Gasteiger partial charge in [0, 0.05) is 11.8 Å². The van der Waals surface area contributed by atoms with Gasteiger partial charge in [0.25, 0.3) is 10.1 Å². The van der Waals surface area contributed by atoms with E-state index in [-0.39, 0.29) is 68.5 Å². The first-order valence-electron chi connectivity index (χ1n) is 13.9. The molecule has 3 unspecified atom stereocenters. The molecule has 3 heterocycles. The van der Waals surface area contributed by atoms with Gasteiger partial charge < -0.3 is 18.6 Å². The second kappa shape index (κ2) is 8.29. The molecule has 6 bridgehead atoms. The molecule has 0 spiro atoms. The fourth-order valence-electron chi connectivity index (χ4n) is 8.05. The van der Waals surface area contributed by atoms with Crippen LogP contribution in [0, 0.1) is 29.1 Å². The summed E-state index contributed by atoms with van der Waals surface area (Å²) in [5, 5.41) is 0. The number of carbonyl (C=O) groups excluding carboxylic acids is 4. The Balaban J connectivity index is 1.09. The summed E-state index contributed by atoms with van der Waals surface area (Å²) in [6.45, 7) is 1.66. The van der Waals surface area contributed by atoms with Gasteiger partial charge in [-0.3, -0.25) is 14.1 Å². The van der Waals surface area contributed by atoms with Gasteiger partial charge in [-0.1, -0.05) is 13.0 Å². The van der Waals surface area contributed by atoms with Crippen LogP contribution in [-0.2, 0) is 26.1 Å². The van der Waals surface area contributed by atoms with Gasteiger partial charge in [-0.05, 0) is 79.7 Å². The first kappa shape index (κ1) is 25.7. The van der Waals surface area contributed by atoms with Gasteiger partial charge in [-0.2, -0.15) is 8.42 Å². The van der Waals surface area contributed by atoms with Crippen molar-refractivity contribution in [3.05, 3.63) is 45.4 Å². The number of hydrogen-bond acceptors (Lipinski definition) is 10. The molecule has 9 rings (SSSR count). The maximum atomic E-state index is 13.6. The van der Waals surface area contributed by atoms with Crippen molar-refractivity contribution in [2.45, 2.75) is 45.4 Å². The molecule has 4 fully saturated rings. The fraction of sp³-hybridized carbons (Fsp3) is 0.400. The van der Waals surface area contributed by atoms with Crippen LogP contribution in [0.3, 0.4) is 0 Å². The van der Waals surface area contributed by atoms with Crippen molar-refractivity contribution in [1.82, 2.24) is 0 Å². The molecule has 3 aromatic rings. The van der Waals surface area contributed by atoms with Crippen molar-refractivity contribution in [3.63, 3.8) is 0 Å². The van der Waals surface area contributed by atoms with E-state index in [4.69, 9.17) is 18.6 Å². The molecule has 3 atom stereocenters. The third kappa shape index (κ3) is 3.51. The number of hydrogen-bond donors (Lipinski definition) is 1. The second-order valence-corrected chi connectivity index (χ2v) is 13.8. The Morgan fingerprint density at radius 3 is 2.50 bits per heavy atom. The summed E-state index contributed by atoms with van der Waals surface area (Å²) in [5.74, 6) is -2.54. The molecule has 216 valence electrons. The molecule has 42 heavy (non-hydrogen) atoms. The molecule has 0 amide bonds. The lowest BCUT2D eigenvalue weighted by molar-refractivity contribution is -0.167. The Morgan fingerprint density at radius 2 is 1.79 bits per heavy atom. The van der Waals surface area contributed by atoms with Gasteiger partial charge in [-0.15, -0.1) is 0 Å². The van der Waals surface area contributed by atoms with Crippen LogP contribution < -0.4 is 14.2 Å². The molecule has 0 radical (unpaired) electrons. The van der Waals surface area contributed by atoms with E-state index in [1.807, 2.05) is 0 Å². The van der Waals surface area contributed by atoms with Crippen LogP contribution in [0.1, 0.15) is 70.9 Å². The lowest BCUT2D eigenvalue weighted by Crippen LogP contribution is -2.55. The van der Waals surface area contributed by atoms with Gasteiger partial charge in [-0.25, -0.2) is 9.59 Å².